The van der Waals surface area contributed by atoms with E-state index in [-0.39, 0.29) is 0 Å². The molecule has 0 bridgehead atoms. The summed E-state index contributed by atoms with van der Waals surface area (Å²) in [5.74, 6) is 1.27. The van der Waals surface area contributed by atoms with Gasteiger partial charge in [-0.2, -0.15) is 13.2 Å². The highest BCUT2D eigenvalue weighted by Gasteiger charge is 2.32. The minimum absolute atomic E-state index is 0.393. The van der Waals surface area contributed by atoms with Crippen molar-refractivity contribution < 1.29 is 17.9 Å². The molecule has 3 rings (SSSR count). The van der Waals surface area contributed by atoms with Crippen LogP contribution in [0.2, 0.25) is 0 Å². The van der Waals surface area contributed by atoms with Crippen molar-refractivity contribution in [1.82, 2.24) is 9.88 Å². The second-order valence-electron chi connectivity index (χ2n) is 6.68. The Morgan fingerprint density at radius 3 is 2.62 bits per heavy atom. The number of hydrogen-bond acceptors (Lipinski definition) is 2. The van der Waals surface area contributed by atoms with Crippen LogP contribution in [0.3, 0.4) is 0 Å². The van der Waals surface area contributed by atoms with Crippen molar-refractivity contribution in [3.8, 4) is 5.75 Å². The van der Waals surface area contributed by atoms with Crippen molar-refractivity contribution in [1.29, 1.82) is 0 Å². The molecule has 6 heteroatoms. The number of H-pyrrole nitrogens is 1. The SMILES string of the molecule is COc1cc(C)c2[nH]ccc2c1CC1CCN(CC(F)(F)F)CC1. The molecule has 0 unspecified atom stereocenters. The van der Waals surface area contributed by atoms with Crippen LogP contribution in [0.15, 0.2) is 18.3 Å². The molecule has 0 atom stereocenters. The number of benzene rings is 1. The monoisotopic (exact) mass is 340 g/mol. The van der Waals surface area contributed by atoms with Gasteiger partial charge in [0.15, 0.2) is 0 Å². The fourth-order valence-electron chi connectivity index (χ4n) is 3.72. The van der Waals surface area contributed by atoms with Crippen LogP contribution in [0.4, 0.5) is 13.2 Å². The van der Waals surface area contributed by atoms with E-state index in [2.05, 4.69) is 11.1 Å². The first kappa shape index (κ1) is 17.1. The number of rotatable bonds is 4. The Hall–Kier alpha value is -1.69. The molecule has 0 radical (unpaired) electrons. The van der Waals surface area contributed by atoms with Gasteiger partial charge in [0.1, 0.15) is 5.75 Å². The van der Waals surface area contributed by atoms with Gasteiger partial charge >= 0.3 is 6.18 Å². The van der Waals surface area contributed by atoms with Crippen molar-refractivity contribution in [2.75, 3.05) is 26.7 Å². The van der Waals surface area contributed by atoms with Crippen molar-refractivity contribution in [2.24, 2.45) is 5.92 Å². The first-order valence-corrected chi connectivity index (χ1v) is 8.30. The number of methoxy groups -OCH3 is 1. The Bertz CT molecular complexity index is 700. The van der Waals surface area contributed by atoms with Crippen molar-refractivity contribution in [2.45, 2.75) is 32.4 Å². The maximum atomic E-state index is 12.5. The molecule has 1 N–H and O–H groups in total. The van der Waals surface area contributed by atoms with Crippen LogP contribution in [-0.2, 0) is 6.42 Å². The van der Waals surface area contributed by atoms with E-state index >= 15 is 0 Å². The standard InChI is InChI=1S/C18H23F3N2O/c1-12-9-16(24-2)15(14-3-6-22-17(12)14)10-13-4-7-23(8-5-13)11-18(19,20)21/h3,6,9,13,22H,4-5,7-8,10-11H2,1-2H3. The van der Waals surface area contributed by atoms with Crippen LogP contribution >= 0.6 is 0 Å². The van der Waals surface area contributed by atoms with Gasteiger partial charge in [0.05, 0.1) is 13.7 Å². The third-order valence-electron chi connectivity index (χ3n) is 4.93. The van der Waals surface area contributed by atoms with Gasteiger partial charge in [-0.05, 0) is 62.9 Å². The summed E-state index contributed by atoms with van der Waals surface area (Å²) < 4.78 is 43.1. The van der Waals surface area contributed by atoms with Crippen LogP contribution in [0.5, 0.6) is 5.75 Å². The fraction of sp³-hybridized carbons (Fsp3) is 0.556. The van der Waals surface area contributed by atoms with Gasteiger partial charge < -0.3 is 9.72 Å². The zero-order valence-corrected chi connectivity index (χ0v) is 14.0. The quantitative estimate of drug-likeness (QED) is 0.899. The predicted molar refractivity (Wildman–Crippen MR) is 88.5 cm³/mol. The van der Waals surface area contributed by atoms with Gasteiger partial charge in [-0.25, -0.2) is 0 Å². The largest absolute Gasteiger partial charge is 0.496 e. The Balaban J connectivity index is 1.72. The highest BCUT2D eigenvalue weighted by Crippen LogP contribution is 2.34. The van der Waals surface area contributed by atoms with Gasteiger partial charge in [-0.3, -0.25) is 4.90 Å². The summed E-state index contributed by atoms with van der Waals surface area (Å²) in [5.41, 5.74) is 3.41. The molecule has 1 aliphatic rings. The Labute approximate surface area is 139 Å². The summed E-state index contributed by atoms with van der Waals surface area (Å²) in [4.78, 5) is 4.77. The van der Waals surface area contributed by atoms with E-state index in [1.54, 1.807) is 7.11 Å². The molecule has 2 aromatic rings. The van der Waals surface area contributed by atoms with Gasteiger partial charge in [0, 0.05) is 22.7 Å². The lowest BCUT2D eigenvalue weighted by molar-refractivity contribution is -0.148. The number of halogens is 3. The number of piperidine rings is 1. The summed E-state index contributed by atoms with van der Waals surface area (Å²) >= 11 is 0. The van der Waals surface area contributed by atoms with Crippen LogP contribution in [-0.4, -0.2) is 42.8 Å². The molecule has 24 heavy (non-hydrogen) atoms. The topological polar surface area (TPSA) is 28.3 Å². The summed E-state index contributed by atoms with van der Waals surface area (Å²) in [6, 6.07) is 4.09. The molecule has 1 aromatic heterocycles. The molecule has 0 spiro atoms. The summed E-state index contributed by atoms with van der Waals surface area (Å²) in [5, 5.41) is 1.16. The summed E-state index contributed by atoms with van der Waals surface area (Å²) in [6.07, 6.45) is 0.243. The number of aromatic nitrogens is 1. The second kappa shape index (κ2) is 6.67. The van der Waals surface area contributed by atoms with Gasteiger partial charge in [-0.1, -0.05) is 0 Å². The molecule has 2 heterocycles. The number of fused-ring (bicyclic) bond motifs is 1. The lowest BCUT2D eigenvalue weighted by Gasteiger charge is -2.32. The van der Waals surface area contributed by atoms with Gasteiger partial charge in [0.25, 0.3) is 0 Å². The molecular weight excluding hydrogens is 317 g/mol. The Kier molecular flexibility index (Phi) is 4.76. The van der Waals surface area contributed by atoms with Crippen molar-refractivity contribution >= 4 is 10.9 Å². The zero-order chi connectivity index (χ0) is 17.3. The van der Waals surface area contributed by atoms with Gasteiger partial charge in [-0.15, -0.1) is 0 Å². The maximum Gasteiger partial charge on any atom is 0.401 e. The van der Waals surface area contributed by atoms with E-state index in [1.165, 1.54) is 4.90 Å². The third kappa shape index (κ3) is 3.69. The lowest BCUT2D eigenvalue weighted by Crippen LogP contribution is -2.40. The molecule has 1 fully saturated rings. The van der Waals surface area contributed by atoms with Crippen LogP contribution in [0, 0.1) is 12.8 Å². The van der Waals surface area contributed by atoms with E-state index in [0.29, 0.717) is 19.0 Å². The normalized spacial score (nSPS) is 17.5. The molecule has 1 aliphatic heterocycles. The average Bonchev–Trinajstić information content (AvgIpc) is 3.00. The minimum atomic E-state index is -4.11. The van der Waals surface area contributed by atoms with E-state index < -0.39 is 12.7 Å². The van der Waals surface area contributed by atoms with E-state index in [1.807, 2.05) is 19.2 Å². The third-order valence-corrected chi connectivity index (χ3v) is 4.93. The number of aryl methyl sites for hydroxylation is 1. The van der Waals surface area contributed by atoms with Crippen LogP contribution in [0.25, 0.3) is 10.9 Å². The molecule has 0 aliphatic carbocycles. The molecule has 0 saturated carbocycles. The molecule has 132 valence electrons. The fourth-order valence-corrected chi connectivity index (χ4v) is 3.72. The first-order chi connectivity index (χ1) is 11.4. The lowest BCUT2D eigenvalue weighted by atomic mass is 9.88. The molecule has 1 aromatic carbocycles. The minimum Gasteiger partial charge on any atom is -0.496 e. The summed E-state index contributed by atoms with van der Waals surface area (Å²) in [7, 11) is 1.67. The van der Waals surface area contributed by atoms with Crippen molar-refractivity contribution in [3.05, 3.63) is 29.5 Å². The van der Waals surface area contributed by atoms with Crippen LogP contribution < -0.4 is 4.74 Å². The molecule has 1 saturated heterocycles. The summed E-state index contributed by atoms with van der Waals surface area (Å²) in [6.45, 7) is 2.26. The average molecular weight is 340 g/mol. The molecule has 3 nitrogen and oxygen atoms in total. The highest BCUT2D eigenvalue weighted by atomic mass is 19.4. The smallest absolute Gasteiger partial charge is 0.401 e. The number of nitrogens with zero attached hydrogens (tertiary/aromatic N) is 1. The number of ether oxygens (including phenoxy) is 1. The first-order valence-electron chi connectivity index (χ1n) is 8.30. The maximum absolute atomic E-state index is 12.5. The molecular formula is C18H23F3N2O. The zero-order valence-electron chi connectivity index (χ0n) is 14.0. The second-order valence-corrected chi connectivity index (χ2v) is 6.68. The van der Waals surface area contributed by atoms with Crippen molar-refractivity contribution in [3.63, 3.8) is 0 Å². The number of aromatic amines is 1. The van der Waals surface area contributed by atoms with E-state index in [9.17, 15) is 13.2 Å². The Morgan fingerprint density at radius 2 is 2.00 bits per heavy atom. The number of likely N-dealkylation sites (tertiary alicyclic amines) is 1. The Morgan fingerprint density at radius 1 is 1.29 bits per heavy atom. The predicted octanol–water partition coefficient (Wildman–Crippen LogP) is 4.30. The van der Waals surface area contributed by atoms with E-state index in [0.717, 1.165) is 47.0 Å². The van der Waals surface area contributed by atoms with Crippen LogP contribution in [0.1, 0.15) is 24.0 Å². The number of nitrogens with one attached hydrogen (secondary N) is 1. The van der Waals surface area contributed by atoms with E-state index in [4.69, 9.17) is 4.74 Å². The highest BCUT2D eigenvalue weighted by molar-refractivity contribution is 5.88. The number of hydrogen-bond donors (Lipinski definition) is 1. The number of alkyl halides is 3. The van der Waals surface area contributed by atoms with Gasteiger partial charge in [0.2, 0.25) is 0 Å². The molecule has 0 amide bonds.